The van der Waals surface area contributed by atoms with E-state index in [9.17, 15) is 18.0 Å². The van der Waals surface area contributed by atoms with Crippen LogP contribution in [0.3, 0.4) is 0 Å². The molecular formula is C18H18BrClN2O4S. The number of amides is 2. The zero-order valence-corrected chi connectivity index (χ0v) is 18.1. The molecule has 144 valence electrons. The number of anilines is 1. The molecule has 0 aliphatic rings. The van der Waals surface area contributed by atoms with Crippen LogP contribution in [0.2, 0.25) is 5.02 Å². The lowest BCUT2D eigenvalue weighted by Gasteiger charge is -2.18. The molecule has 0 aliphatic heterocycles. The number of sulfone groups is 1. The number of nitrogens with one attached hydrogen (secondary N) is 1. The smallest absolute Gasteiger partial charge is 0.255 e. The van der Waals surface area contributed by atoms with Crippen LogP contribution in [0.5, 0.6) is 0 Å². The van der Waals surface area contributed by atoms with E-state index in [4.69, 9.17) is 11.6 Å². The Bertz CT molecular complexity index is 1010. The zero-order valence-electron chi connectivity index (χ0n) is 14.9. The van der Waals surface area contributed by atoms with Crippen molar-refractivity contribution in [3.63, 3.8) is 0 Å². The molecule has 0 unspecified atom stereocenters. The van der Waals surface area contributed by atoms with Gasteiger partial charge in [0.05, 0.1) is 22.0 Å². The molecule has 9 heteroatoms. The molecule has 0 fully saturated rings. The van der Waals surface area contributed by atoms with Crippen LogP contribution in [0.4, 0.5) is 5.69 Å². The standard InChI is InChI=1S/C18H18BrClN2O4S/c1-11-8-12(19)4-7-16(11)21-17(23)10-22(2)18(24)14-9-13(27(3,25)26)5-6-15(14)20/h4-9H,10H2,1-3H3,(H,21,23). The van der Waals surface area contributed by atoms with Gasteiger partial charge in [-0.15, -0.1) is 0 Å². The third kappa shape index (κ3) is 5.54. The van der Waals surface area contributed by atoms with Gasteiger partial charge < -0.3 is 10.2 Å². The number of benzene rings is 2. The summed E-state index contributed by atoms with van der Waals surface area (Å²) in [7, 11) is -2.04. The van der Waals surface area contributed by atoms with E-state index in [1.807, 2.05) is 13.0 Å². The average molecular weight is 474 g/mol. The molecule has 27 heavy (non-hydrogen) atoms. The number of carbonyl (C=O) groups is 2. The van der Waals surface area contributed by atoms with Gasteiger partial charge in [0.15, 0.2) is 9.84 Å². The Labute approximate surface area is 171 Å². The summed E-state index contributed by atoms with van der Waals surface area (Å²) in [5.74, 6) is -0.931. The summed E-state index contributed by atoms with van der Waals surface area (Å²) in [5.41, 5.74) is 1.53. The highest BCUT2D eigenvalue weighted by Crippen LogP contribution is 2.22. The van der Waals surface area contributed by atoms with Gasteiger partial charge in [-0.05, 0) is 48.9 Å². The van der Waals surface area contributed by atoms with Crippen LogP contribution in [0.25, 0.3) is 0 Å². The maximum absolute atomic E-state index is 12.6. The minimum atomic E-state index is -3.49. The first-order valence-electron chi connectivity index (χ1n) is 7.80. The predicted molar refractivity (Wildman–Crippen MR) is 109 cm³/mol. The monoisotopic (exact) mass is 472 g/mol. The number of hydrogen-bond donors (Lipinski definition) is 1. The van der Waals surface area contributed by atoms with Gasteiger partial charge in [0, 0.05) is 23.5 Å². The van der Waals surface area contributed by atoms with Gasteiger partial charge in [-0.1, -0.05) is 27.5 Å². The first-order valence-corrected chi connectivity index (χ1v) is 10.9. The van der Waals surface area contributed by atoms with E-state index in [-0.39, 0.29) is 27.9 Å². The fourth-order valence-corrected chi connectivity index (χ4v) is 3.67. The second kappa shape index (κ2) is 8.41. The largest absolute Gasteiger partial charge is 0.332 e. The van der Waals surface area contributed by atoms with Crippen LogP contribution >= 0.6 is 27.5 Å². The van der Waals surface area contributed by atoms with E-state index in [0.29, 0.717) is 5.69 Å². The highest BCUT2D eigenvalue weighted by Gasteiger charge is 2.20. The van der Waals surface area contributed by atoms with Gasteiger partial charge >= 0.3 is 0 Å². The molecule has 1 N–H and O–H groups in total. The van der Waals surface area contributed by atoms with E-state index >= 15 is 0 Å². The zero-order chi connectivity index (χ0) is 20.4. The lowest BCUT2D eigenvalue weighted by atomic mass is 10.2. The molecule has 0 heterocycles. The molecule has 6 nitrogen and oxygen atoms in total. The van der Waals surface area contributed by atoms with Crippen molar-refractivity contribution in [1.29, 1.82) is 0 Å². The Kier molecular flexibility index (Phi) is 6.67. The molecular weight excluding hydrogens is 456 g/mol. The van der Waals surface area contributed by atoms with Crippen LogP contribution in [0, 0.1) is 6.92 Å². The third-order valence-corrected chi connectivity index (χ3v) is 5.72. The Hall–Kier alpha value is -1.90. The molecule has 0 saturated carbocycles. The average Bonchev–Trinajstić information content (AvgIpc) is 2.56. The third-order valence-electron chi connectivity index (χ3n) is 3.79. The quantitative estimate of drug-likeness (QED) is 0.720. The SMILES string of the molecule is Cc1cc(Br)ccc1NC(=O)CN(C)C(=O)c1cc(S(C)(=O)=O)ccc1Cl. The normalized spacial score (nSPS) is 11.1. The number of carbonyl (C=O) groups excluding carboxylic acids is 2. The van der Waals surface area contributed by atoms with Crippen LogP contribution in [0.1, 0.15) is 15.9 Å². The van der Waals surface area contributed by atoms with Crippen molar-refractivity contribution in [2.45, 2.75) is 11.8 Å². The molecule has 2 aromatic carbocycles. The van der Waals surface area contributed by atoms with Gasteiger partial charge in [-0.2, -0.15) is 0 Å². The van der Waals surface area contributed by atoms with Gasteiger partial charge in [0.2, 0.25) is 5.91 Å². The minimum absolute atomic E-state index is 0.0152. The van der Waals surface area contributed by atoms with Crippen molar-refractivity contribution in [2.75, 3.05) is 25.2 Å². The molecule has 0 radical (unpaired) electrons. The van der Waals surface area contributed by atoms with Crippen molar-refractivity contribution < 1.29 is 18.0 Å². The molecule has 0 saturated heterocycles. The molecule has 2 rings (SSSR count). The maximum atomic E-state index is 12.6. The molecule has 0 spiro atoms. The van der Waals surface area contributed by atoms with E-state index in [0.717, 1.165) is 16.3 Å². The molecule has 0 aromatic heterocycles. The van der Waals surface area contributed by atoms with Crippen molar-refractivity contribution in [2.24, 2.45) is 0 Å². The highest BCUT2D eigenvalue weighted by atomic mass is 79.9. The number of hydrogen-bond acceptors (Lipinski definition) is 4. The van der Waals surface area contributed by atoms with E-state index in [1.54, 1.807) is 12.1 Å². The first kappa shape index (κ1) is 21.4. The van der Waals surface area contributed by atoms with Gasteiger partial charge in [0.1, 0.15) is 0 Å². The summed E-state index contributed by atoms with van der Waals surface area (Å²) >= 11 is 9.39. The Morgan fingerprint density at radius 3 is 2.44 bits per heavy atom. The summed E-state index contributed by atoms with van der Waals surface area (Å²) < 4.78 is 24.3. The lowest BCUT2D eigenvalue weighted by Crippen LogP contribution is -2.35. The van der Waals surface area contributed by atoms with E-state index in [1.165, 1.54) is 30.1 Å². The second-order valence-electron chi connectivity index (χ2n) is 6.08. The van der Waals surface area contributed by atoms with Crippen LogP contribution < -0.4 is 5.32 Å². The predicted octanol–water partition coefficient (Wildman–Crippen LogP) is 3.53. The summed E-state index contributed by atoms with van der Waals surface area (Å²) in [6.45, 7) is 1.64. The number of rotatable bonds is 5. The van der Waals surface area contributed by atoms with Crippen LogP contribution in [0.15, 0.2) is 45.8 Å². The van der Waals surface area contributed by atoms with Gasteiger partial charge in [0.25, 0.3) is 5.91 Å². The van der Waals surface area contributed by atoms with E-state index < -0.39 is 15.7 Å². The molecule has 0 aliphatic carbocycles. The second-order valence-corrected chi connectivity index (χ2v) is 9.42. The molecule has 2 amide bonds. The van der Waals surface area contributed by atoms with Crippen LogP contribution in [-0.2, 0) is 14.6 Å². The first-order chi connectivity index (χ1) is 12.5. The summed E-state index contributed by atoms with van der Waals surface area (Å²) in [4.78, 5) is 26.0. The van der Waals surface area contributed by atoms with Crippen molar-refractivity contribution in [1.82, 2.24) is 4.90 Å². The fourth-order valence-electron chi connectivity index (χ4n) is 2.35. The summed E-state index contributed by atoms with van der Waals surface area (Å²) in [6, 6.07) is 9.31. The van der Waals surface area contributed by atoms with Crippen molar-refractivity contribution in [3.05, 3.63) is 57.0 Å². The van der Waals surface area contributed by atoms with Gasteiger partial charge in [-0.25, -0.2) is 8.42 Å². The van der Waals surface area contributed by atoms with Gasteiger partial charge in [-0.3, -0.25) is 9.59 Å². The van der Waals surface area contributed by atoms with Crippen LogP contribution in [-0.4, -0.2) is 45.0 Å². The number of halogens is 2. The summed E-state index contributed by atoms with van der Waals surface area (Å²) in [5, 5.41) is 2.86. The summed E-state index contributed by atoms with van der Waals surface area (Å²) in [6.07, 6.45) is 1.04. The van der Waals surface area contributed by atoms with Crippen molar-refractivity contribution in [3.8, 4) is 0 Å². The Morgan fingerprint density at radius 2 is 1.85 bits per heavy atom. The number of likely N-dealkylation sites (N-methyl/N-ethyl adjacent to an activating group) is 1. The highest BCUT2D eigenvalue weighted by molar-refractivity contribution is 9.10. The Morgan fingerprint density at radius 1 is 1.19 bits per heavy atom. The minimum Gasteiger partial charge on any atom is -0.332 e. The Balaban J connectivity index is 2.14. The number of nitrogens with zero attached hydrogens (tertiary/aromatic N) is 1. The topological polar surface area (TPSA) is 83.6 Å². The molecule has 0 atom stereocenters. The molecule has 0 bridgehead atoms. The number of aryl methyl sites for hydroxylation is 1. The maximum Gasteiger partial charge on any atom is 0.255 e. The van der Waals surface area contributed by atoms with Crippen molar-refractivity contribution >= 4 is 54.9 Å². The fraction of sp³-hybridized carbons (Fsp3) is 0.222. The lowest BCUT2D eigenvalue weighted by molar-refractivity contribution is -0.116. The van der Waals surface area contributed by atoms with E-state index in [2.05, 4.69) is 21.2 Å². The molecule has 2 aromatic rings.